The van der Waals surface area contributed by atoms with Crippen molar-refractivity contribution in [2.75, 3.05) is 39.6 Å². The van der Waals surface area contributed by atoms with Gasteiger partial charge in [-0.25, -0.2) is 9.13 Å². The van der Waals surface area contributed by atoms with Gasteiger partial charge < -0.3 is 33.8 Å². The summed E-state index contributed by atoms with van der Waals surface area (Å²) < 4.78 is 68.4. The van der Waals surface area contributed by atoms with E-state index in [4.69, 9.17) is 37.0 Å². The lowest BCUT2D eigenvalue weighted by Gasteiger charge is -2.21. The molecule has 3 N–H and O–H groups in total. The van der Waals surface area contributed by atoms with Crippen LogP contribution < -0.4 is 0 Å². The molecule has 0 fully saturated rings. The molecule has 0 aromatic rings. The normalized spacial score (nSPS) is 14.1. The molecule has 0 saturated carbocycles. The SMILES string of the molecule is CCCCCCCCCCCCCCCCCCCC(=O)O[C@H](COC(=O)CCCCCCCCCCCCCCC(C)C)COP(=O)(O)OC[C@@H](O)COP(=O)(O)OC[C@@H](COC(=O)CCCCCCCCCC(C)C)OC(=O)CCCCCCCCCC(C)C. The van der Waals surface area contributed by atoms with Crippen LogP contribution >= 0.6 is 15.6 Å². The minimum absolute atomic E-state index is 0.103. The smallest absolute Gasteiger partial charge is 0.462 e. The number of aliphatic hydroxyl groups is 1. The van der Waals surface area contributed by atoms with E-state index in [1.807, 2.05) is 0 Å². The van der Waals surface area contributed by atoms with E-state index in [0.29, 0.717) is 37.5 Å². The quantitative estimate of drug-likeness (QED) is 0.0222. The van der Waals surface area contributed by atoms with Crippen molar-refractivity contribution in [1.29, 1.82) is 0 Å². The van der Waals surface area contributed by atoms with Crippen molar-refractivity contribution in [3.05, 3.63) is 0 Å². The highest BCUT2D eigenvalue weighted by Crippen LogP contribution is 2.45. The van der Waals surface area contributed by atoms with Crippen LogP contribution in [0.25, 0.3) is 0 Å². The summed E-state index contributed by atoms with van der Waals surface area (Å²) in [5, 5.41) is 10.6. The van der Waals surface area contributed by atoms with Crippen molar-refractivity contribution in [3.63, 3.8) is 0 Å². The van der Waals surface area contributed by atoms with E-state index < -0.39 is 97.5 Å². The molecule has 0 spiro atoms. The predicted molar refractivity (Wildman–Crippen MR) is 372 cm³/mol. The van der Waals surface area contributed by atoms with Crippen molar-refractivity contribution in [2.24, 2.45) is 17.8 Å². The first kappa shape index (κ1) is 90.1. The molecule has 0 radical (unpaired) electrons. The van der Waals surface area contributed by atoms with E-state index in [1.165, 1.54) is 173 Å². The molecule has 5 atom stereocenters. The maximum Gasteiger partial charge on any atom is 0.472 e. The van der Waals surface area contributed by atoms with Gasteiger partial charge in [-0.15, -0.1) is 0 Å². The summed E-state index contributed by atoms with van der Waals surface area (Å²) >= 11 is 0. The Hall–Kier alpha value is -1.94. The highest BCUT2D eigenvalue weighted by Gasteiger charge is 2.30. The molecule has 19 heteroatoms. The molecule has 0 aliphatic heterocycles. The first-order valence-corrected chi connectivity index (χ1v) is 40.8. The second-order valence-corrected chi connectivity index (χ2v) is 30.7. The molecule has 0 aliphatic rings. The first-order chi connectivity index (χ1) is 44.2. The molecule has 2 unspecified atom stereocenters. The zero-order valence-electron chi connectivity index (χ0n) is 60.0. The second kappa shape index (κ2) is 63.8. The Bertz CT molecular complexity index is 1800. The minimum atomic E-state index is -4.96. The molecule has 0 amide bonds. The molecule has 0 heterocycles. The summed E-state index contributed by atoms with van der Waals surface area (Å²) in [7, 11) is -9.91. The van der Waals surface area contributed by atoms with Crippen molar-refractivity contribution < 1.29 is 80.2 Å². The van der Waals surface area contributed by atoms with Crippen molar-refractivity contribution in [2.45, 2.75) is 388 Å². The van der Waals surface area contributed by atoms with Crippen molar-refractivity contribution in [1.82, 2.24) is 0 Å². The number of esters is 4. The van der Waals surface area contributed by atoms with E-state index >= 15 is 0 Å². The predicted octanol–water partition coefficient (Wildman–Crippen LogP) is 21.0. The monoisotopic (exact) mass is 1350 g/mol. The number of hydrogen-bond acceptors (Lipinski definition) is 15. The van der Waals surface area contributed by atoms with Crippen LogP contribution in [0.4, 0.5) is 0 Å². The number of phosphoric acid groups is 2. The maximum atomic E-state index is 13.1. The van der Waals surface area contributed by atoms with Crippen LogP contribution in [0.1, 0.15) is 370 Å². The van der Waals surface area contributed by atoms with E-state index in [2.05, 4.69) is 48.5 Å². The summed E-state index contributed by atoms with van der Waals surface area (Å²) in [6.07, 6.45) is 48.8. The Morgan fingerprint density at radius 3 is 0.739 bits per heavy atom. The third-order valence-electron chi connectivity index (χ3n) is 16.9. The van der Waals surface area contributed by atoms with Gasteiger partial charge in [0.1, 0.15) is 19.3 Å². The van der Waals surface area contributed by atoms with Crippen LogP contribution in [-0.2, 0) is 65.4 Å². The van der Waals surface area contributed by atoms with Crippen LogP contribution in [0, 0.1) is 17.8 Å². The van der Waals surface area contributed by atoms with E-state index in [9.17, 15) is 43.2 Å². The number of unbranched alkanes of at least 4 members (excludes halogenated alkanes) is 39. The molecular formula is C73H142O17P2. The fourth-order valence-electron chi connectivity index (χ4n) is 11.1. The maximum absolute atomic E-state index is 13.1. The zero-order chi connectivity index (χ0) is 68.0. The summed E-state index contributed by atoms with van der Waals surface area (Å²) in [6.45, 7) is 11.8. The highest BCUT2D eigenvalue weighted by molar-refractivity contribution is 7.47. The first-order valence-electron chi connectivity index (χ1n) is 37.8. The van der Waals surface area contributed by atoms with Gasteiger partial charge >= 0.3 is 39.5 Å². The average Bonchev–Trinajstić information content (AvgIpc) is 1.64. The minimum Gasteiger partial charge on any atom is -0.462 e. The number of carbonyl (C=O) groups excluding carboxylic acids is 4. The lowest BCUT2D eigenvalue weighted by atomic mass is 10.0. The Morgan fingerprint density at radius 2 is 0.500 bits per heavy atom. The van der Waals surface area contributed by atoms with E-state index in [-0.39, 0.29) is 25.7 Å². The van der Waals surface area contributed by atoms with E-state index in [1.54, 1.807) is 0 Å². The molecule has 0 aliphatic carbocycles. The van der Waals surface area contributed by atoms with Gasteiger partial charge in [-0.1, -0.05) is 318 Å². The third kappa shape index (κ3) is 66.7. The number of aliphatic hydroxyl groups excluding tert-OH is 1. The molecule has 0 bridgehead atoms. The van der Waals surface area contributed by atoms with Crippen LogP contribution in [0.2, 0.25) is 0 Å². The topological polar surface area (TPSA) is 237 Å². The molecular weight excluding hydrogens is 1210 g/mol. The Morgan fingerprint density at radius 1 is 0.293 bits per heavy atom. The number of carbonyl (C=O) groups is 4. The fraction of sp³-hybridized carbons (Fsp3) is 0.945. The highest BCUT2D eigenvalue weighted by atomic mass is 31.2. The zero-order valence-corrected chi connectivity index (χ0v) is 61.8. The van der Waals surface area contributed by atoms with Gasteiger partial charge in [0, 0.05) is 25.7 Å². The van der Waals surface area contributed by atoms with Crippen molar-refractivity contribution >= 4 is 39.5 Å². The average molecular weight is 1350 g/mol. The molecule has 0 saturated heterocycles. The summed E-state index contributed by atoms with van der Waals surface area (Å²) in [5.74, 6) is 0.0579. The van der Waals surface area contributed by atoms with Crippen LogP contribution in [-0.4, -0.2) is 96.7 Å². The lowest BCUT2D eigenvalue weighted by molar-refractivity contribution is -0.161. The van der Waals surface area contributed by atoms with E-state index in [0.717, 1.165) is 102 Å². The lowest BCUT2D eigenvalue weighted by Crippen LogP contribution is -2.30. The molecule has 0 rings (SSSR count). The largest absolute Gasteiger partial charge is 0.472 e. The summed E-state index contributed by atoms with van der Waals surface area (Å²) in [5.41, 5.74) is 0. The van der Waals surface area contributed by atoms with Gasteiger partial charge in [0.25, 0.3) is 0 Å². The molecule has 92 heavy (non-hydrogen) atoms. The molecule has 0 aromatic heterocycles. The van der Waals surface area contributed by atoms with Crippen LogP contribution in [0.5, 0.6) is 0 Å². The molecule has 0 aromatic carbocycles. The van der Waals surface area contributed by atoms with Gasteiger partial charge in [-0.05, 0) is 43.4 Å². The fourth-order valence-corrected chi connectivity index (χ4v) is 12.7. The summed E-state index contributed by atoms with van der Waals surface area (Å²) in [4.78, 5) is 72.6. The molecule has 546 valence electrons. The Kier molecular flexibility index (Phi) is 62.4. The second-order valence-electron chi connectivity index (χ2n) is 27.8. The van der Waals surface area contributed by atoms with Gasteiger partial charge in [0.2, 0.25) is 0 Å². The van der Waals surface area contributed by atoms with Gasteiger partial charge in [-0.3, -0.25) is 37.3 Å². The van der Waals surface area contributed by atoms with Gasteiger partial charge in [-0.2, -0.15) is 0 Å². The number of hydrogen-bond donors (Lipinski definition) is 3. The Labute approximate surface area is 562 Å². The van der Waals surface area contributed by atoms with Crippen molar-refractivity contribution in [3.8, 4) is 0 Å². The number of phosphoric ester groups is 2. The number of ether oxygens (including phenoxy) is 4. The molecule has 17 nitrogen and oxygen atoms in total. The van der Waals surface area contributed by atoms with Gasteiger partial charge in [0.15, 0.2) is 12.2 Å². The van der Waals surface area contributed by atoms with Crippen LogP contribution in [0.3, 0.4) is 0 Å². The number of rotatable bonds is 71. The standard InChI is InChI=1S/C73H142O17P2/c1-8-9-10-11-12-13-14-15-16-17-18-19-24-27-34-42-49-56-72(77)89-68(60-83-70(75)54-47-40-33-26-23-21-20-22-25-30-37-44-51-64(2)3)62-87-91(79,80)85-58-67(74)59-86-92(81,82)88-63-69(90-73(78)57-50-43-36-29-32-39-46-53-66(6)7)61-84-71(76)55-48-41-35-28-31-38-45-52-65(4)5/h64-69,74H,8-63H2,1-7H3,(H,79,80)(H,81,82)/t67-,68-,69-/m1/s1. The van der Waals surface area contributed by atoms with Gasteiger partial charge in [0.05, 0.1) is 26.4 Å². The van der Waals surface area contributed by atoms with Crippen LogP contribution in [0.15, 0.2) is 0 Å². The Balaban J connectivity index is 5.23. The summed E-state index contributed by atoms with van der Waals surface area (Å²) in [6, 6.07) is 0. The third-order valence-corrected chi connectivity index (χ3v) is 18.8.